The highest BCUT2D eigenvalue weighted by molar-refractivity contribution is 5.92. The summed E-state index contributed by atoms with van der Waals surface area (Å²) in [5.74, 6) is 0.149. The van der Waals surface area contributed by atoms with Gasteiger partial charge in [0.15, 0.2) is 0 Å². The Bertz CT molecular complexity index is 767. The summed E-state index contributed by atoms with van der Waals surface area (Å²) in [5.41, 5.74) is 1.61. The van der Waals surface area contributed by atoms with Gasteiger partial charge in [0.1, 0.15) is 0 Å². The van der Waals surface area contributed by atoms with Gasteiger partial charge in [0, 0.05) is 11.6 Å². The fourth-order valence-corrected chi connectivity index (χ4v) is 2.29. The van der Waals surface area contributed by atoms with Crippen LogP contribution in [0, 0.1) is 11.3 Å². The van der Waals surface area contributed by atoms with Crippen LogP contribution in [0.4, 0.5) is 0 Å². The number of nitriles is 1. The van der Waals surface area contributed by atoms with Gasteiger partial charge in [-0.2, -0.15) is 5.26 Å². The van der Waals surface area contributed by atoms with Crippen molar-refractivity contribution in [1.82, 2.24) is 4.57 Å². The Morgan fingerprint density at radius 2 is 1.84 bits per heavy atom. The van der Waals surface area contributed by atoms with Crippen molar-refractivity contribution in [2.45, 2.75) is 6.54 Å². The minimum absolute atomic E-state index is 0.149. The van der Waals surface area contributed by atoms with Crippen molar-refractivity contribution in [2.75, 3.05) is 0 Å². The molecule has 19 heavy (non-hydrogen) atoms. The predicted octanol–water partition coefficient (Wildman–Crippen LogP) is 3.27. The molecule has 3 nitrogen and oxygen atoms in total. The van der Waals surface area contributed by atoms with Gasteiger partial charge in [-0.15, -0.1) is 0 Å². The molecule has 0 atom stereocenters. The van der Waals surface area contributed by atoms with E-state index >= 15 is 0 Å². The molecule has 0 bridgehead atoms. The molecular formula is C16H12N2O. The van der Waals surface area contributed by atoms with Gasteiger partial charge >= 0.3 is 0 Å². The Hall–Kier alpha value is -2.73. The normalized spacial score (nSPS) is 10.5. The number of hydrogen-bond donors (Lipinski definition) is 1. The van der Waals surface area contributed by atoms with Crippen LogP contribution in [0.3, 0.4) is 0 Å². The molecule has 92 valence electrons. The van der Waals surface area contributed by atoms with Crippen LogP contribution in [0.25, 0.3) is 10.8 Å². The van der Waals surface area contributed by atoms with E-state index in [0.717, 1.165) is 10.9 Å². The van der Waals surface area contributed by atoms with E-state index in [1.807, 2.05) is 48.7 Å². The van der Waals surface area contributed by atoms with Crippen molar-refractivity contribution < 1.29 is 5.11 Å². The first-order valence-corrected chi connectivity index (χ1v) is 6.04. The number of aromatic hydroxyl groups is 1. The summed E-state index contributed by atoms with van der Waals surface area (Å²) in [6.07, 6.45) is 1.87. The zero-order valence-electron chi connectivity index (χ0n) is 10.2. The van der Waals surface area contributed by atoms with Crippen LogP contribution in [-0.4, -0.2) is 9.67 Å². The number of hydrogen-bond acceptors (Lipinski definition) is 2. The van der Waals surface area contributed by atoms with Gasteiger partial charge in [0.05, 0.1) is 23.6 Å². The molecule has 0 aliphatic rings. The highest BCUT2D eigenvalue weighted by Gasteiger charge is 2.11. The number of aromatic nitrogens is 1. The monoisotopic (exact) mass is 248 g/mol. The molecule has 1 aromatic heterocycles. The van der Waals surface area contributed by atoms with Crippen LogP contribution < -0.4 is 0 Å². The second-order valence-electron chi connectivity index (χ2n) is 4.45. The lowest BCUT2D eigenvalue weighted by molar-refractivity contribution is 0.430. The van der Waals surface area contributed by atoms with Crippen molar-refractivity contribution in [3.05, 3.63) is 65.9 Å². The molecule has 0 spiro atoms. The number of benzene rings is 2. The van der Waals surface area contributed by atoms with Gasteiger partial charge in [-0.25, -0.2) is 0 Å². The van der Waals surface area contributed by atoms with E-state index in [1.54, 1.807) is 10.6 Å². The quantitative estimate of drug-likeness (QED) is 0.756. The van der Waals surface area contributed by atoms with Crippen LogP contribution in [0.15, 0.2) is 54.7 Å². The molecule has 1 N–H and O–H groups in total. The number of nitrogens with zero attached hydrogens (tertiary/aromatic N) is 2. The van der Waals surface area contributed by atoms with E-state index in [2.05, 4.69) is 6.07 Å². The number of fused-ring (bicyclic) bond motifs is 1. The fourth-order valence-electron chi connectivity index (χ4n) is 2.29. The maximum absolute atomic E-state index is 10.3. The summed E-state index contributed by atoms with van der Waals surface area (Å²) in [4.78, 5) is 0. The van der Waals surface area contributed by atoms with E-state index < -0.39 is 0 Å². The van der Waals surface area contributed by atoms with Crippen molar-refractivity contribution in [1.29, 1.82) is 5.26 Å². The van der Waals surface area contributed by atoms with Crippen molar-refractivity contribution >= 4 is 10.8 Å². The summed E-state index contributed by atoms with van der Waals surface area (Å²) in [7, 11) is 0. The molecule has 2 aromatic carbocycles. The first-order chi connectivity index (χ1) is 9.29. The lowest BCUT2D eigenvalue weighted by Gasteiger charge is -2.04. The van der Waals surface area contributed by atoms with Crippen LogP contribution in [0.2, 0.25) is 0 Å². The molecule has 0 saturated heterocycles. The topological polar surface area (TPSA) is 49.0 Å². The van der Waals surface area contributed by atoms with Crippen LogP contribution >= 0.6 is 0 Å². The van der Waals surface area contributed by atoms with Gasteiger partial charge in [-0.1, -0.05) is 42.5 Å². The second-order valence-corrected chi connectivity index (χ2v) is 4.45. The minimum atomic E-state index is 0.149. The Balaban J connectivity index is 2.11. The second kappa shape index (κ2) is 4.51. The van der Waals surface area contributed by atoms with Gasteiger partial charge < -0.3 is 9.67 Å². The van der Waals surface area contributed by atoms with Crippen molar-refractivity contribution in [2.24, 2.45) is 0 Å². The van der Waals surface area contributed by atoms with Crippen LogP contribution in [-0.2, 0) is 6.54 Å². The first-order valence-electron chi connectivity index (χ1n) is 6.04. The molecular weight excluding hydrogens is 236 g/mol. The third kappa shape index (κ3) is 1.94. The van der Waals surface area contributed by atoms with Crippen LogP contribution in [0.5, 0.6) is 5.88 Å². The standard InChI is InChI=1S/C16H12N2O/c17-9-13-7-4-8-14-11-18(16(19)15(13)14)10-12-5-2-1-3-6-12/h1-8,11,19H,10H2. The minimum Gasteiger partial charge on any atom is -0.494 e. The Morgan fingerprint density at radius 1 is 1.05 bits per heavy atom. The lowest BCUT2D eigenvalue weighted by atomic mass is 10.1. The SMILES string of the molecule is N#Cc1cccc2cn(Cc3ccccc3)c(O)c12. The molecule has 0 aliphatic heterocycles. The summed E-state index contributed by atoms with van der Waals surface area (Å²) in [6.45, 7) is 0.590. The first kappa shape index (κ1) is 11.4. The molecule has 0 radical (unpaired) electrons. The summed E-state index contributed by atoms with van der Waals surface area (Å²) < 4.78 is 1.76. The van der Waals surface area contributed by atoms with Gasteiger partial charge in [-0.3, -0.25) is 0 Å². The lowest BCUT2D eigenvalue weighted by Crippen LogP contribution is -1.96. The average molecular weight is 248 g/mol. The molecule has 0 aliphatic carbocycles. The molecule has 3 heteroatoms. The van der Waals surface area contributed by atoms with E-state index in [4.69, 9.17) is 5.26 Å². The molecule has 0 saturated carbocycles. The fraction of sp³-hybridized carbons (Fsp3) is 0.0625. The third-order valence-electron chi connectivity index (χ3n) is 3.20. The average Bonchev–Trinajstić information content (AvgIpc) is 2.77. The Labute approximate surface area is 111 Å². The smallest absolute Gasteiger partial charge is 0.200 e. The molecule has 1 heterocycles. The summed E-state index contributed by atoms with van der Waals surface area (Å²) in [5, 5.41) is 20.9. The van der Waals surface area contributed by atoms with Crippen molar-refractivity contribution in [3.8, 4) is 11.9 Å². The van der Waals surface area contributed by atoms with Gasteiger partial charge in [0.25, 0.3) is 0 Å². The largest absolute Gasteiger partial charge is 0.494 e. The van der Waals surface area contributed by atoms with Crippen LogP contribution in [0.1, 0.15) is 11.1 Å². The van der Waals surface area contributed by atoms with Gasteiger partial charge in [-0.05, 0) is 11.6 Å². The zero-order chi connectivity index (χ0) is 13.2. The van der Waals surface area contributed by atoms with E-state index in [0.29, 0.717) is 17.5 Å². The maximum Gasteiger partial charge on any atom is 0.200 e. The predicted molar refractivity (Wildman–Crippen MR) is 73.9 cm³/mol. The highest BCUT2D eigenvalue weighted by atomic mass is 16.3. The molecule has 0 amide bonds. The van der Waals surface area contributed by atoms with Gasteiger partial charge in [0.2, 0.25) is 5.88 Å². The summed E-state index contributed by atoms with van der Waals surface area (Å²) >= 11 is 0. The molecule has 3 aromatic rings. The van der Waals surface area contributed by atoms with E-state index in [-0.39, 0.29) is 5.88 Å². The molecule has 3 rings (SSSR count). The Kier molecular flexibility index (Phi) is 2.70. The molecule has 0 unspecified atom stereocenters. The summed E-state index contributed by atoms with van der Waals surface area (Å²) in [6, 6.07) is 17.5. The highest BCUT2D eigenvalue weighted by Crippen LogP contribution is 2.30. The number of rotatable bonds is 2. The maximum atomic E-state index is 10.3. The molecule has 0 fully saturated rings. The van der Waals surface area contributed by atoms with E-state index in [9.17, 15) is 5.11 Å². The Morgan fingerprint density at radius 3 is 2.58 bits per heavy atom. The van der Waals surface area contributed by atoms with E-state index in [1.165, 1.54) is 0 Å². The third-order valence-corrected chi connectivity index (χ3v) is 3.20. The zero-order valence-corrected chi connectivity index (χ0v) is 10.2. The van der Waals surface area contributed by atoms with Crippen molar-refractivity contribution in [3.63, 3.8) is 0 Å².